The SMILES string of the molecule is Cc1nc(C2CCN(C(=O)c3ccnn3C)CC2)ncc1C(=O)Nc1ccc(F)cc1. The number of hydrogen-bond acceptors (Lipinski definition) is 5. The summed E-state index contributed by atoms with van der Waals surface area (Å²) < 4.78 is 14.6. The Labute approximate surface area is 179 Å². The van der Waals surface area contributed by atoms with Crippen LogP contribution >= 0.6 is 0 Å². The van der Waals surface area contributed by atoms with Crippen molar-refractivity contribution < 1.29 is 14.0 Å². The minimum Gasteiger partial charge on any atom is -0.337 e. The van der Waals surface area contributed by atoms with Crippen molar-refractivity contribution >= 4 is 17.5 Å². The molecule has 1 saturated heterocycles. The number of aryl methyl sites for hydroxylation is 2. The summed E-state index contributed by atoms with van der Waals surface area (Å²) >= 11 is 0. The number of aromatic nitrogens is 4. The molecule has 4 rings (SSSR count). The minimum absolute atomic E-state index is 0.0247. The summed E-state index contributed by atoms with van der Waals surface area (Å²) in [6.07, 6.45) is 4.66. The Hall–Kier alpha value is -3.62. The highest BCUT2D eigenvalue weighted by Crippen LogP contribution is 2.27. The Balaban J connectivity index is 1.39. The van der Waals surface area contributed by atoms with E-state index in [9.17, 15) is 14.0 Å². The number of carbonyl (C=O) groups excluding carboxylic acids is 2. The zero-order valence-electron chi connectivity index (χ0n) is 17.4. The van der Waals surface area contributed by atoms with E-state index in [0.29, 0.717) is 41.6 Å². The number of nitrogens with one attached hydrogen (secondary N) is 1. The van der Waals surface area contributed by atoms with Gasteiger partial charge in [0, 0.05) is 44.1 Å². The lowest BCUT2D eigenvalue weighted by atomic mass is 9.95. The van der Waals surface area contributed by atoms with Crippen molar-refractivity contribution in [2.24, 2.45) is 7.05 Å². The van der Waals surface area contributed by atoms with Crippen LogP contribution in [-0.2, 0) is 7.05 Å². The average Bonchev–Trinajstić information content (AvgIpc) is 3.20. The van der Waals surface area contributed by atoms with Crippen LogP contribution in [0.1, 0.15) is 51.1 Å². The summed E-state index contributed by atoms with van der Waals surface area (Å²) in [6.45, 7) is 3.00. The van der Waals surface area contributed by atoms with Gasteiger partial charge in [-0.3, -0.25) is 14.3 Å². The predicted molar refractivity (Wildman–Crippen MR) is 112 cm³/mol. The lowest BCUT2D eigenvalue weighted by Crippen LogP contribution is -2.39. The maximum atomic E-state index is 13.0. The highest BCUT2D eigenvalue weighted by molar-refractivity contribution is 6.04. The van der Waals surface area contributed by atoms with Gasteiger partial charge in [0.05, 0.1) is 11.3 Å². The van der Waals surface area contributed by atoms with Gasteiger partial charge in [-0.05, 0) is 50.1 Å². The molecular weight excluding hydrogens is 399 g/mol. The summed E-state index contributed by atoms with van der Waals surface area (Å²) in [5.41, 5.74) is 2.03. The standard InChI is InChI=1S/C22H23FN6O2/c1-14-18(21(30)27-17-5-3-16(23)4-6-17)13-24-20(26-14)15-8-11-29(12-9-15)22(31)19-7-10-25-28(19)2/h3-7,10,13,15H,8-9,11-12H2,1-2H3,(H,27,30). The van der Waals surface area contributed by atoms with Crippen LogP contribution in [0, 0.1) is 12.7 Å². The molecule has 160 valence electrons. The molecule has 1 aromatic carbocycles. The Bertz CT molecular complexity index is 1100. The predicted octanol–water partition coefficient (Wildman–Crippen LogP) is 2.93. The van der Waals surface area contributed by atoms with Crippen LogP contribution in [0.4, 0.5) is 10.1 Å². The largest absolute Gasteiger partial charge is 0.337 e. The number of hydrogen-bond donors (Lipinski definition) is 1. The van der Waals surface area contributed by atoms with Gasteiger partial charge in [0.15, 0.2) is 0 Å². The summed E-state index contributed by atoms with van der Waals surface area (Å²) in [6, 6.07) is 7.29. The molecule has 2 aromatic heterocycles. The lowest BCUT2D eigenvalue weighted by molar-refractivity contribution is 0.0699. The van der Waals surface area contributed by atoms with Crippen molar-refractivity contribution in [3.8, 4) is 0 Å². The monoisotopic (exact) mass is 422 g/mol. The van der Waals surface area contributed by atoms with E-state index in [2.05, 4.69) is 20.4 Å². The number of rotatable bonds is 4. The molecule has 1 aliphatic heterocycles. The fourth-order valence-electron chi connectivity index (χ4n) is 3.72. The van der Waals surface area contributed by atoms with Crippen LogP contribution in [0.15, 0.2) is 42.7 Å². The van der Waals surface area contributed by atoms with Crippen LogP contribution in [0.2, 0.25) is 0 Å². The van der Waals surface area contributed by atoms with E-state index in [0.717, 1.165) is 12.8 Å². The molecule has 0 spiro atoms. The molecule has 0 radical (unpaired) electrons. The maximum absolute atomic E-state index is 13.0. The number of nitrogens with zero attached hydrogens (tertiary/aromatic N) is 5. The minimum atomic E-state index is -0.366. The van der Waals surface area contributed by atoms with Gasteiger partial charge < -0.3 is 10.2 Å². The summed E-state index contributed by atoms with van der Waals surface area (Å²) in [5, 5.41) is 6.78. The van der Waals surface area contributed by atoms with Crippen molar-refractivity contribution in [1.82, 2.24) is 24.6 Å². The second-order valence-corrected chi connectivity index (χ2v) is 7.59. The number of anilines is 1. The molecule has 0 atom stereocenters. The number of halogens is 1. The van der Waals surface area contributed by atoms with Gasteiger partial charge in [-0.1, -0.05) is 0 Å². The number of piperidine rings is 1. The zero-order chi connectivity index (χ0) is 22.0. The quantitative estimate of drug-likeness (QED) is 0.698. The first-order valence-electron chi connectivity index (χ1n) is 10.1. The van der Waals surface area contributed by atoms with Gasteiger partial charge in [0.2, 0.25) is 0 Å². The number of amides is 2. The third-order valence-electron chi connectivity index (χ3n) is 5.53. The smallest absolute Gasteiger partial charge is 0.272 e. The van der Waals surface area contributed by atoms with E-state index in [1.54, 1.807) is 30.9 Å². The van der Waals surface area contributed by atoms with Gasteiger partial charge in [0.25, 0.3) is 11.8 Å². The van der Waals surface area contributed by atoms with Gasteiger partial charge in [-0.15, -0.1) is 0 Å². The molecule has 0 aliphatic carbocycles. The highest BCUT2D eigenvalue weighted by atomic mass is 19.1. The van der Waals surface area contributed by atoms with Gasteiger partial charge in [-0.2, -0.15) is 5.10 Å². The van der Waals surface area contributed by atoms with Crippen LogP contribution in [0.25, 0.3) is 0 Å². The molecule has 2 amide bonds. The van der Waals surface area contributed by atoms with E-state index in [1.807, 2.05) is 4.90 Å². The molecule has 8 nitrogen and oxygen atoms in total. The summed E-state index contributed by atoms with van der Waals surface area (Å²) in [7, 11) is 1.75. The van der Waals surface area contributed by atoms with E-state index in [1.165, 1.54) is 30.5 Å². The molecular formula is C22H23FN6O2. The first kappa shape index (κ1) is 20.6. The Morgan fingerprint density at radius 3 is 2.45 bits per heavy atom. The average molecular weight is 422 g/mol. The van der Waals surface area contributed by atoms with E-state index < -0.39 is 0 Å². The van der Waals surface area contributed by atoms with Crippen molar-refractivity contribution in [3.05, 3.63) is 71.3 Å². The second-order valence-electron chi connectivity index (χ2n) is 7.59. The highest BCUT2D eigenvalue weighted by Gasteiger charge is 2.27. The first-order chi connectivity index (χ1) is 14.9. The number of carbonyl (C=O) groups is 2. The van der Waals surface area contributed by atoms with Crippen molar-refractivity contribution in [2.75, 3.05) is 18.4 Å². The van der Waals surface area contributed by atoms with Crippen LogP contribution in [-0.4, -0.2) is 49.6 Å². The Kier molecular flexibility index (Phi) is 5.75. The molecule has 0 unspecified atom stereocenters. The molecule has 3 aromatic rings. The number of benzene rings is 1. The Morgan fingerprint density at radius 1 is 1.13 bits per heavy atom. The molecule has 0 bridgehead atoms. The maximum Gasteiger partial charge on any atom is 0.272 e. The van der Waals surface area contributed by atoms with E-state index in [4.69, 9.17) is 0 Å². The molecule has 3 heterocycles. The fraction of sp³-hybridized carbons (Fsp3) is 0.318. The third kappa shape index (κ3) is 4.45. The third-order valence-corrected chi connectivity index (χ3v) is 5.53. The number of likely N-dealkylation sites (tertiary alicyclic amines) is 1. The van der Waals surface area contributed by atoms with Crippen LogP contribution in [0.3, 0.4) is 0 Å². The zero-order valence-corrected chi connectivity index (χ0v) is 17.4. The second kappa shape index (κ2) is 8.63. The topological polar surface area (TPSA) is 93.0 Å². The van der Waals surface area contributed by atoms with Gasteiger partial charge in [-0.25, -0.2) is 14.4 Å². The van der Waals surface area contributed by atoms with Gasteiger partial charge >= 0.3 is 0 Å². The molecule has 0 saturated carbocycles. The molecule has 1 aliphatic rings. The summed E-state index contributed by atoms with van der Waals surface area (Å²) in [5.74, 6) is 0.0810. The van der Waals surface area contributed by atoms with Crippen molar-refractivity contribution in [3.63, 3.8) is 0 Å². The normalized spacial score (nSPS) is 14.5. The van der Waals surface area contributed by atoms with Crippen LogP contribution in [0.5, 0.6) is 0 Å². The lowest BCUT2D eigenvalue weighted by Gasteiger charge is -2.31. The van der Waals surface area contributed by atoms with E-state index >= 15 is 0 Å². The fourth-order valence-corrected chi connectivity index (χ4v) is 3.72. The first-order valence-corrected chi connectivity index (χ1v) is 10.1. The Morgan fingerprint density at radius 2 is 1.84 bits per heavy atom. The van der Waals surface area contributed by atoms with Crippen LogP contribution < -0.4 is 5.32 Å². The molecule has 1 N–H and O–H groups in total. The molecule has 9 heteroatoms. The van der Waals surface area contributed by atoms with Gasteiger partial charge in [0.1, 0.15) is 17.3 Å². The molecule has 31 heavy (non-hydrogen) atoms. The van der Waals surface area contributed by atoms with Crippen molar-refractivity contribution in [2.45, 2.75) is 25.7 Å². The molecule has 1 fully saturated rings. The van der Waals surface area contributed by atoms with Crippen molar-refractivity contribution in [1.29, 1.82) is 0 Å². The van der Waals surface area contributed by atoms with E-state index in [-0.39, 0.29) is 23.5 Å². The summed E-state index contributed by atoms with van der Waals surface area (Å²) in [4.78, 5) is 36.0.